The van der Waals surface area contributed by atoms with Gasteiger partial charge in [0.05, 0.1) is 0 Å². The fourth-order valence-electron chi connectivity index (χ4n) is 1.76. The molecule has 0 N–H and O–H groups in total. The van der Waals surface area contributed by atoms with Crippen molar-refractivity contribution < 1.29 is 13.6 Å². The minimum atomic E-state index is -1.59. The Morgan fingerprint density at radius 2 is 0.696 bits per heavy atom. The summed E-state index contributed by atoms with van der Waals surface area (Å²) in [4.78, 5) is 0. The van der Waals surface area contributed by atoms with E-state index in [9.17, 15) is 0 Å². The summed E-state index contributed by atoms with van der Waals surface area (Å²) in [5.74, 6) is 2.13. The number of halogens is 1. The molecule has 0 saturated carbocycles. The van der Waals surface area contributed by atoms with Gasteiger partial charge in [-0.3, -0.25) is 0 Å². The second-order valence-electron chi connectivity index (χ2n) is 4.44. The highest BCUT2D eigenvalue weighted by Crippen LogP contribution is 2.41. The summed E-state index contributed by atoms with van der Waals surface area (Å²) in [6, 6.07) is 28.5. The van der Waals surface area contributed by atoms with Crippen molar-refractivity contribution in [2.45, 2.75) is 0 Å². The molecule has 0 heterocycles. The molecule has 0 bridgehead atoms. The van der Waals surface area contributed by atoms with Crippen molar-refractivity contribution in [2.75, 3.05) is 0 Å². The summed E-state index contributed by atoms with van der Waals surface area (Å²) < 4.78 is 17.5. The van der Waals surface area contributed by atoms with Crippen molar-refractivity contribution in [3.8, 4) is 17.2 Å². The maximum Gasteiger partial charge on any atom is 0.530 e. The van der Waals surface area contributed by atoms with Gasteiger partial charge in [-0.15, -0.1) is 24.0 Å². The van der Waals surface area contributed by atoms with Crippen molar-refractivity contribution in [1.82, 2.24) is 0 Å². The first-order valence-corrected chi connectivity index (χ1v) is 7.99. The lowest BCUT2D eigenvalue weighted by Gasteiger charge is -2.17. The van der Waals surface area contributed by atoms with E-state index in [2.05, 4.69) is 0 Å². The first-order valence-electron chi connectivity index (χ1n) is 6.89. The van der Waals surface area contributed by atoms with Gasteiger partial charge < -0.3 is 13.6 Å². The van der Waals surface area contributed by atoms with E-state index in [4.69, 9.17) is 13.6 Å². The van der Waals surface area contributed by atoms with Crippen LogP contribution in [0.1, 0.15) is 0 Å². The molecule has 0 spiro atoms. The van der Waals surface area contributed by atoms with E-state index in [1.807, 2.05) is 91.0 Å². The zero-order valence-corrected chi connectivity index (χ0v) is 15.5. The van der Waals surface area contributed by atoms with Gasteiger partial charge in [-0.25, -0.2) is 0 Å². The normalized spacial score (nSPS) is 9.78. The molecule has 23 heavy (non-hydrogen) atoms. The molecule has 5 heteroatoms. The molecule has 118 valence electrons. The topological polar surface area (TPSA) is 27.7 Å². The molecule has 0 aromatic heterocycles. The average Bonchev–Trinajstić information content (AvgIpc) is 2.57. The van der Waals surface area contributed by atoms with Crippen LogP contribution in [-0.4, -0.2) is 0 Å². The van der Waals surface area contributed by atoms with Gasteiger partial charge >= 0.3 is 8.60 Å². The van der Waals surface area contributed by atoms with Crippen molar-refractivity contribution >= 4 is 32.6 Å². The van der Waals surface area contributed by atoms with Crippen LogP contribution < -0.4 is 13.6 Å². The zero-order chi connectivity index (χ0) is 15.0. The largest absolute Gasteiger partial charge is 0.530 e. The predicted octanol–water partition coefficient (Wildman–Crippen LogP) is 6.07. The van der Waals surface area contributed by atoms with Crippen LogP contribution in [0.2, 0.25) is 0 Å². The Morgan fingerprint density at radius 1 is 0.435 bits per heavy atom. The van der Waals surface area contributed by atoms with Gasteiger partial charge in [-0.05, 0) is 36.4 Å². The maximum atomic E-state index is 5.84. The van der Waals surface area contributed by atoms with Gasteiger partial charge in [0.2, 0.25) is 0 Å². The molecule has 0 atom stereocenters. The minimum Gasteiger partial charge on any atom is -0.409 e. The van der Waals surface area contributed by atoms with Crippen LogP contribution in [0.4, 0.5) is 0 Å². The van der Waals surface area contributed by atoms with Crippen molar-refractivity contribution in [1.29, 1.82) is 0 Å². The van der Waals surface area contributed by atoms with Crippen LogP contribution in [0.25, 0.3) is 0 Å². The monoisotopic (exact) mass is 438 g/mol. The zero-order valence-electron chi connectivity index (χ0n) is 12.2. The van der Waals surface area contributed by atoms with Crippen LogP contribution in [0.5, 0.6) is 17.2 Å². The van der Waals surface area contributed by atoms with Crippen molar-refractivity contribution in [3.05, 3.63) is 91.0 Å². The Hall–Kier alpha value is -1.78. The van der Waals surface area contributed by atoms with Crippen molar-refractivity contribution in [2.24, 2.45) is 0 Å². The molecular weight excluding hydrogens is 422 g/mol. The Kier molecular flexibility index (Phi) is 7.17. The average molecular weight is 438 g/mol. The summed E-state index contributed by atoms with van der Waals surface area (Å²) in [6.07, 6.45) is 0. The Balaban J connectivity index is 0.00000192. The molecule has 3 nitrogen and oxygen atoms in total. The highest BCUT2D eigenvalue weighted by Gasteiger charge is 2.19. The lowest BCUT2D eigenvalue weighted by atomic mass is 10.3. The van der Waals surface area contributed by atoms with Gasteiger partial charge in [-0.1, -0.05) is 54.6 Å². The summed E-state index contributed by atoms with van der Waals surface area (Å²) >= 11 is 0. The summed E-state index contributed by atoms with van der Waals surface area (Å²) in [5, 5.41) is 0. The van der Waals surface area contributed by atoms with E-state index >= 15 is 0 Å². The maximum absolute atomic E-state index is 5.84. The van der Waals surface area contributed by atoms with Crippen LogP contribution in [-0.2, 0) is 0 Å². The van der Waals surface area contributed by atoms with Gasteiger partial charge in [0.1, 0.15) is 17.2 Å². The fraction of sp³-hybridized carbons (Fsp3) is 0. The lowest BCUT2D eigenvalue weighted by molar-refractivity contribution is 0.388. The molecule has 3 rings (SSSR count). The first-order chi connectivity index (χ1) is 10.9. The van der Waals surface area contributed by atoms with E-state index in [1.54, 1.807) is 0 Å². The Morgan fingerprint density at radius 3 is 0.957 bits per heavy atom. The second-order valence-corrected chi connectivity index (χ2v) is 5.43. The molecule has 0 fully saturated rings. The number of rotatable bonds is 6. The SMILES string of the molecule is I.c1ccc(OP(Oc2ccccc2)Oc2ccccc2)cc1. The lowest BCUT2D eigenvalue weighted by Crippen LogP contribution is -2.02. The number of hydrogen-bond donors (Lipinski definition) is 0. The van der Waals surface area contributed by atoms with Crippen molar-refractivity contribution in [3.63, 3.8) is 0 Å². The standard InChI is InChI=1S/C18H15O3P.HI/c1-4-10-16(11-5-1)19-22(20-17-12-6-2-7-13-17)21-18-14-8-3-9-15-18;/h1-15H;1H. The van der Waals surface area contributed by atoms with Crippen LogP contribution in [0, 0.1) is 0 Å². The highest BCUT2D eigenvalue weighted by atomic mass is 127. The summed E-state index contributed by atoms with van der Waals surface area (Å²) in [6.45, 7) is 0. The van der Waals surface area contributed by atoms with E-state index < -0.39 is 8.60 Å². The highest BCUT2D eigenvalue weighted by molar-refractivity contribution is 14.0. The summed E-state index contributed by atoms with van der Waals surface area (Å²) in [5.41, 5.74) is 0. The van der Waals surface area contributed by atoms with Gasteiger partial charge in [-0.2, -0.15) is 0 Å². The van der Waals surface area contributed by atoms with E-state index in [0.29, 0.717) is 17.2 Å². The van der Waals surface area contributed by atoms with E-state index in [1.165, 1.54) is 0 Å². The number of hydrogen-bond acceptors (Lipinski definition) is 3. The third-order valence-corrected chi connectivity index (χ3v) is 3.85. The van der Waals surface area contributed by atoms with Gasteiger partial charge in [0, 0.05) is 0 Å². The molecule has 0 radical (unpaired) electrons. The first kappa shape index (κ1) is 17.6. The molecule has 0 amide bonds. The third-order valence-electron chi connectivity index (χ3n) is 2.77. The number of benzene rings is 3. The molecule has 3 aromatic rings. The van der Waals surface area contributed by atoms with Gasteiger partial charge in [0.25, 0.3) is 0 Å². The Bertz CT molecular complexity index is 582. The van der Waals surface area contributed by atoms with E-state index in [0.717, 1.165) is 0 Å². The van der Waals surface area contributed by atoms with Crippen LogP contribution in [0.15, 0.2) is 91.0 Å². The van der Waals surface area contributed by atoms with E-state index in [-0.39, 0.29) is 24.0 Å². The molecule has 0 aliphatic rings. The molecule has 0 unspecified atom stereocenters. The molecular formula is C18H16IO3P. The predicted molar refractivity (Wildman–Crippen MR) is 104 cm³/mol. The fourth-order valence-corrected chi connectivity index (χ4v) is 2.75. The molecule has 0 aliphatic carbocycles. The minimum absolute atomic E-state index is 0. The second kappa shape index (κ2) is 9.38. The van der Waals surface area contributed by atoms with Crippen LogP contribution >= 0.6 is 32.6 Å². The quantitative estimate of drug-likeness (QED) is 0.346. The number of para-hydroxylation sites is 3. The van der Waals surface area contributed by atoms with Gasteiger partial charge in [0.15, 0.2) is 0 Å². The molecule has 0 aliphatic heterocycles. The smallest absolute Gasteiger partial charge is 0.409 e. The Labute approximate surface area is 154 Å². The third kappa shape index (κ3) is 5.73. The molecule has 3 aromatic carbocycles. The molecule has 0 saturated heterocycles. The van der Waals surface area contributed by atoms with Crippen LogP contribution in [0.3, 0.4) is 0 Å². The summed E-state index contributed by atoms with van der Waals surface area (Å²) in [7, 11) is -1.59.